The largest absolute Gasteiger partial charge is 0.447 e. The number of anilines is 1. The Morgan fingerprint density at radius 2 is 2.21 bits per heavy atom. The molecule has 0 unspecified atom stereocenters. The number of carbonyl (C=O) groups is 1. The van der Waals surface area contributed by atoms with Crippen molar-refractivity contribution in [1.29, 1.82) is 0 Å². The Morgan fingerprint density at radius 3 is 2.84 bits per heavy atom. The topological polar surface area (TPSA) is 100 Å². The maximum atomic E-state index is 11.2. The molecule has 2 rings (SSSR count). The Morgan fingerprint density at radius 1 is 1.42 bits per heavy atom. The summed E-state index contributed by atoms with van der Waals surface area (Å²) in [6.45, 7) is -0.217. The number of rotatable bonds is 5. The van der Waals surface area contributed by atoms with Crippen LogP contribution in [0.2, 0.25) is 0 Å². The third-order valence-electron chi connectivity index (χ3n) is 2.03. The first-order valence-electron chi connectivity index (χ1n) is 5.46. The fraction of sp³-hybridized carbons (Fsp3) is 0.182. The first-order valence-corrected chi connectivity index (χ1v) is 6.27. The number of aromatic nitrogens is 3. The van der Waals surface area contributed by atoms with Gasteiger partial charge in [0.05, 0.1) is 6.61 Å². The minimum absolute atomic E-state index is 0.0226. The van der Waals surface area contributed by atoms with Gasteiger partial charge in [-0.2, -0.15) is 5.10 Å². The summed E-state index contributed by atoms with van der Waals surface area (Å²) in [5, 5.41) is 18.3. The first-order chi connectivity index (χ1) is 9.28. The minimum atomic E-state index is -0.593. The lowest BCUT2D eigenvalue weighted by molar-refractivity contribution is 0.131. The summed E-state index contributed by atoms with van der Waals surface area (Å²) < 4.78 is 4.68. The Labute approximate surface area is 113 Å². The van der Waals surface area contributed by atoms with E-state index in [2.05, 4.69) is 25.2 Å². The monoisotopic (exact) mass is 280 g/mol. The van der Waals surface area contributed by atoms with E-state index in [1.54, 1.807) is 12.1 Å². The van der Waals surface area contributed by atoms with Gasteiger partial charge in [-0.15, -0.1) is 0 Å². The van der Waals surface area contributed by atoms with Crippen molar-refractivity contribution in [2.45, 2.75) is 10.1 Å². The second-order valence-corrected chi connectivity index (χ2v) is 4.46. The lowest BCUT2D eigenvalue weighted by Gasteiger charge is -2.06. The van der Waals surface area contributed by atoms with Crippen LogP contribution in [0, 0.1) is 0 Å². The van der Waals surface area contributed by atoms with E-state index >= 15 is 0 Å². The molecule has 1 aromatic carbocycles. The molecule has 100 valence electrons. The molecule has 7 nitrogen and oxygen atoms in total. The van der Waals surface area contributed by atoms with Crippen molar-refractivity contribution in [3.8, 4) is 0 Å². The Hall–Kier alpha value is -2.06. The molecule has 0 saturated carbocycles. The molecule has 0 fully saturated rings. The van der Waals surface area contributed by atoms with Gasteiger partial charge in [0, 0.05) is 10.6 Å². The predicted octanol–water partition coefficient (Wildman–Crippen LogP) is 1.50. The highest BCUT2D eigenvalue weighted by molar-refractivity contribution is 7.99. The predicted molar refractivity (Wildman–Crippen MR) is 69.0 cm³/mol. The van der Waals surface area contributed by atoms with Crippen molar-refractivity contribution in [2.75, 3.05) is 18.5 Å². The van der Waals surface area contributed by atoms with Crippen LogP contribution in [0.5, 0.6) is 0 Å². The molecule has 0 aliphatic carbocycles. The molecule has 0 bridgehead atoms. The van der Waals surface area contributed by atoms with E-state index in [0.29, 0.717) is 10.8 Å². The van der Waals surface area contributed by atoms with E-state index < -0.39 is 6.09 Å². The van der Waals surface area contributed by atoms with Gasteiger partial charge in [0.1, 0.15) is 12.9 Å². The molecule has 3 N–H and O–H groups in total. The van der Waals surface area contributed by atoms with Gasteiger partial charge < -0.3 is 9.84 Å². The van der Waals surface area contributed by atoms with E-state index in [-0.39, 0.29) is 13.2 Å². The summed E-state index contributed by atoms with van der Waals surface area (Å²) in [4.78, 5) is 16.2. The zero-order valence-electron chi connectivity index (χ0n) is 9.87. The number of nitrogens with one attached hydrogen (secondary N) is 2. The number of aliphatic hydroxyl groups excluding tert-OH is 1. The van der Waals surface area contributed by atoms with Crippen molar-refractivity contribution < 1.29 is 14.6 Å². The van der Waals surface area contributed by atoms with Crippen LogP contribution < -0.4 is 5.32 Å². The maximum absolute atomic E-state index is 11.2. The van der Waals surface area contributed by atoms with Crippen LogP contribution in [-0.2, 0) is 4.74 Å². The molecule has 0 atom stereocenters. The fourth-order valence-corrected chi connectivity index (χ4v) is 1.95. The molecule has 0 aliphatic heterocycles. The third-order valence-corrected chi connectivity index (χ3v) is 2.93. The Bertz CT molecular complexity index is 515. The van der Waals surface area contributed by atoms with Gasteiger partial charge in [0.2, 0.25) is 0 Å². The van der Waals surface area contributed by atoms with E-state index in [9.17, 15) is 4.79 Å². The second-order valence-electron chi connectivity index (χ2n) is 3.40. The number of H-pyrrole nitrogens is 1. The van der Waals surface area contributed by atoms with Gasteiger partial charge >= 0.3 is 6.09 Å². The highest BCUT2D eigenvalue weighted by Gasteiger charge is 2.04. The van der Waals surface area contributed by atoms with E-state index in [1.807, 2.05) is 12.1 Å². The maximum Gasteiger partial charge on any atom is 0.411 e. The zero-order chi connectivity index (χ0) is 13.5. The van der Waals surface area contributed by atoms with Crippen LogP contribution in [0.1, 0.15) is 0 Å². The molecular weight excluding hydrogens is 268 g/mol. The highest BCUT2D eigenvalue weighted by atomic mass is 32.2. The molecule has 1 aromatic heterocycles. The summed E-state index contributed by atoms with van der Waals surface area (Å²) in [6, 6.07) is 7.18. The van der Waals surface area contributed by atoms with Crippen LogP contribution in [0.25, 0.3) is 0 Å². The van der Waals surface area contributed by atoms with Crippen LogP contribution in [0.3, 0.4) is 0 Å². The van der Waals surface area contributed by atoms with E-state index in [0.717, 1.165) is 4.90 Å². The number of aromatic amines is 1. The van der Waals surface area contributed by atoms with Crippen LogP contribution in [-0.4, -0.2) is 39.6 Å². The van der Waals surface area contributed by atoms with Crippen molar-refractivity contribution in [1.82, 2.24) is 15.2 Å². The van der Waals surface area contributed by atoms with Crippen LogP contribution in [0.4, 0.5) is 10.5 Å². The summed E-state index contributed by atoms with van der Waals surface area (Å²) in [5.74, 6) is 0. The van der Waals surface area contributed by atoms with Gasteiger partial charge in [-0.3, -0.25) is 10.4 Å². The first kappa shape index (κ1) is 13.4. The van der Waals surface area contributed by atoms with Crippen molar-refractivity contribution in [2.24, 2.45) is 0 Å². The minimum Gasteiger partial charge on any atom is -0.447 e. The number of hydrogen-bond donors (Lipinski definition) is 3. The third kappa shape index (κ3) is 4.27. The highest BCUT2D eigenvalue weighted by Crippen LogP contribution is 2.25. The smallest absolute Gasteiger partial charge is 0.411 e. The SMILES string of the molecule is O=C(Nc1ccc(Sc2ncn[nH]2)cc1)OCCO. The van der Waals surface area contributed by atoms with Gasteiger partial charge in [-0.1, -0.05) is 11.8 Å². The quantitative estimate of drug-likeness (QED) is 0.767. The van der Waals surface area contributed by atoms with Gasteiger partial charge in [-0.25, -0.2) is 9.78 Å². The van der Waals surface area contributed by atoms with E-state index in [4.69, 9.17) is 5.11 Å². The molecule has 1 heterocycles. The second kappa shape index (κ2) is 6.76. The van der Waals surface area contributed by atoms with Crippen molar-refractivity contribution in [3.05, 3.63) is 30.6 Å². The lowest BCUT2D eigenvalue weighted by atomic mass is 10.3. The molecule has 0 radical (unpaired) electrons. The Balaban J connectivity index is 1.89. The molecule has 0 aliphatic rings. The molecule has 0 saturated heterocycles. The van der Waals surface area contributed by atoms with Crippen LogP contribution in [0.15, 0.2) is 40.6 Å². The summed E-state index contributed by atoms with van der Waals surface area (Å²) >= 11 is 1.43. The van der Waals surface area contributed by atoms with Crippen molar-refractivity contribution in [3.63, 3.8) is 0 Å². The van der Waals surface area contributed by atoms with Gasteiger partial charge in [0.15, 0.2) is 5.16 Å². The normalized spacial score (nSPS) is 10.2. The molecule has 1 amide bonds. The van der Waals surface area contributed by atoms with Gasteiger partial charge in [0.25, 0.3) is 0 Å². The van der Waals surface area contributed by atoms with Crippen LogP contribution >= 0.6 is 11.8 Å². The number of nitrogens with zero attached hydrogens (tertiary/aromatic N) is 2. The molecular formula is C11H12N4O3S. The fourth-order valence-electron chi connectivity index (χ4n) is 1.25. The molecule has 0 spiro atoms. The standard InChI is InChI=1S/C11H12N4O3S/c16-5-6-18-11(17)14-8-1-3-9(4-2-8)19-10-12-7-13-15-10/h1-4,7,16H,5-6H2,(H,14,17)(H,12,13,15). The number of aliphatic hydroxyl groups is 1. The zero-order valence-corrected chi connectivity index (χ0v) is 10.7. The summed E-state index contributed by atoms with van der Waals surface area (Å²) in [6.07, 6.45) is 0.847. The summed E-state index contributed by atoms with van der Waals surface area (Å²) in [5.41, 5.74) is 0.616. The average molecular weight is 280 g/mol. The molecule has 19 heavy (non-hydrogen) atoms. The summed E-state index contributed by atoms with van der Waals surface area (Å²) in [7, 11) is 0. The molecule has 8 heteroatoms. The number of benzene rings is 1. The van der Waals surface area contributed by atoms with Crippen molar-refractivity contribution >= 4 is 23.5 Å². The van der Waals surface area contributed by atoms with E-state index in [1.165, 1.54) is 18.1 Å². The number of carbonyl (C=O) groups excluding carboxylic acids is 1. The Kier molecular flexibility index (Phi) is 4.76. The lowest BCUT2D eigenvalue weighted by Crippen LogP contribution is -2.15. The number of hydrogen-bond acceptors (Lipinski definition) is 6. The number of amides is 1. The average Bonchev–Trinajstić information content (AvgIpc) is 2.91. The van der Waals surface area contributed by atoms with Gasteiger partial charge in [-0.05, 0) is 24.3 Å². The molecule has 2 aromatic rings. The number of ether oxygens (including phenoxy) is 1.